The van der Waals surface area contributed by atoms with Gasteiger partial charge in [-0.25, -0.2) is 0 Å². The summed E-state index contributed by atoms with van der Waals surface area (Å²) in [5, 5.41) is 0. The van der Waals surface area contributed by atoms with Crippen molar-refractivity contribution in [1.82, 2.24) is 0 Å². The van der Waals surface area contributed by atoms with Gasteiger partial charge in [0.25, 0.3) is 10.1 Å². The molecule has 0 aliphatic heterocycles. The number of rotatable bonds is 0. The van der Waals surface area contributed by atoms with Crippen LogP contribution in [-0.2, 0) is 51.0 Å². The fraction of sp³-hybridized carbons (Fsp3) is 1.00. The van der Waals surface area contributed by atoms with Crippen LogP contribution in [0.4, 0.5) is 0 Å². The minimum atomic E-state index is -3.67. The van der Waals surface area contributed by atoms with Crippen LogP contribution in [0.5, 0.6) is 0 Å². The van der Waals surface area contributed by atoms with Gasteiger partial charge in [0.15, 0.2) is 0 Å². The van der Waals surface area contributed by atoms with Gasteiger partial charge in [-0.1, -0.05) is 0 Å². The third-order valence-electron chi connectivity index (χ3n) is 0. The van der Waals surface area contributed by atoms with Crippen molar-refractivity contribution in [2.75, 3.05) is 6.26 Å². The van der Waals surface area contributed by atoms with Gasteiger partial charge in [-0.3, -0.25) is 4.55 Å². The van der Waals surface area contributed by atoms with Crippen molar-refractivity contribution >= 4 is 10.1 Å². The Balaban J connectivity index is -0.0000000800. The third-order valence-corrected chi connectivity index (χ3v) is 0. The zero-order chi connectivity index (χ0) is 4.50. The van der Waals surface area contributed by atoms with E-state index in [1.165, 1.54) is 0 Å². The Morgan fingerprint density at radius 2 is 1.29 bits per heavy atom. The van der Waals surface area contributed by atoms with E-state index in [-0.39, 0.29) is 40.8 Å². The maximum Gasteiger partial charge on any atom is 0.261 e. The average molecular weight is 309 g/mol. The molecule has 52 valence electrons. The molecule has 3 nitrogen and oxygen atoms in total. The summed E-state index contributed by atoms with van der Waals surface area (Å²) in [7, 11) is -3.67. The molecule has 6 heteroatoms. The van der Waals surface area contributed by atoms with Crippen molar-refractivity contribution in [1.29, 1.82) is 0 Å². The molecule has 1 N–H and O–H groups in total. The molecule has 0 atom stereocenters. The van der Waals surface area contributed by atoms with Crippen LogP contribution in [0.2, 0.25) is 0 Å². The summed E-state index contributed by atoms with van der Waals surface area (Å²) in [6.07, 6.45) is 0.715. The van der Waals surface area contributed by atoms with Gasteiger partial charge in [-0.05, 0) is 0 Å². The van der Waals surface area contributed by atoms with Gasteiger partial charge in [0.05, 0.1) is 6.26 Å². The van der Waals surface area contributed by atoms with Gasteiger partial charge < -0.3 is 0 Å². The SMILES string of the molecule is CS(=O)(=O)O.[Pd].[Pd]. The average Bonchev–Trinajstić information content (AvgIpc) is 0.722. The standard InChI is InChI=1S/CH4O3S.2Pd/c1-5(2,3)4;;/h1H3,(H,2,3,4);;. The van der Waals surface area contributed by atoms with Crippen LogP contribution in [0.15, 0.2) is 0 Å². The minimum absolute atomic E-state index is 0. The Morgan fingerprint density at radius 3 is 1.29 bits per heavy atom. The van der Waals surface area contributed by atoms with Gasteiger partial charge in [0, 0.05) is 40.8 Å². The van der Waals surface area contributed by atoms with Gasteiger partial charge >= 0.3 is 0 Å². The molecule has 0 radical (unpaired) electrons. The maximum atomic E-state index is 9.19. The van der Waals surface area contributed by atoms with E-state index in [1.807, 2.05) is 0 Å². The van der Waals surface area contributed by atoms with E-state index >= 15 is 0 Å². The summed E-state index contributed by atoms with van der Waals surface area (Å²) in [6.45, 7) is 0. The Morgan fingerprint density at radius 1 is 1.29 bits per heavy atom. The molecule has 0 saturated carbocycles. The van der Waals surface area contributed by atoms with E-state index in [2.05, 4.69) is 0 Å². The first-order chi connectivity index (χ1) is 2.00. The zero-order valence-corrected chi connectivity index (χ0v) is 7.23. The van der Waals surface area contributed by atoms with E-state index in [0.29, 0.717) is 6.26 Å². The van der Waals surface area contributed by atoms with Crippen molar-refractivity contribution < 1.29 is 53.8 Å². The summed E-state index contributed by atoms with van der Waals surface area (Å²) in [4.78, 5) is 0. The van der Waals surface area contributed by atoms with E-state index in [1.54, 1.807) is 0 Å². The number of hydrogen-bond acceptors (Lipinski definition) is 2. The Hall–Kier alpha value is 1.23. The van der Waals surface area contributed by atoms with Crippen LogP contribution in [0.1, 0.15) is 0 Å². The molecule has 0 aliphatic rings. The molecular formula is CH4O3Pd2S. The van der Waals surface area contributed by atoms with Crippen molar-refractivity contribution in [2.45, 2.75) is 0 Å². The monoisotopic (exact) mass is 308 g/mol. The van der Waals surface area contributed by atoms with Crippen molar-refractivity contribution in [3.8, 4) is 0 Å². The molecule has 7 heavy (non-hydrogen) atoms. The molecule has 0 saturated heterocycles. The van der Waals surface area contributed by atoms with Gasteiger partial charge in [0.1, 0.15) is 0 Å². The van der Waals surface area contributed by atoms with Crippen LogP contribution >= 0.6 is 0 Å². The second-order valence-electron chi connectivity index (χ2n) is 0.733. The molecule has 0 aromatic rings. The smallest absolute Gasteiger partial charge is 0.261 e. The van der Waals surface area contributed by atoms with E-state index < -0.39 is 10.1 Å². The normalized spacial score (nSPS) is 8.29. The van der Waals surface area contributed by atoms with Crippen LogP contribution in [-0.4, -0.2) is 19.2 Å². The molecule has 0 unspecified atom stereocenters. The molecular weight excluding hydrogens is 305 g/mol. The Bertz CT molecular complexity index is 96.1. The van der Waals surface area contributed by atoms with Crippen molar-refractivity contribution in [2.24, 2.45) is 0 Å². The topological polar surface area (TPSA) is 54.4 Å². The maximum absolute atomic E-state index is 9.19. The zero-order valence-electron chi connectivity index (χ0n) is 3.30. The predicted molar refractivity (Wildman–Crippen MR) is 17.5 cm³/mol. The largest absolute Gasteiger partial charge is 0.286 e. The summed E-state index contributed by atoms with van der Waals surface area (Å²) < 4.78 is 25.9. The predicted octanol–water partition coefficient (Wildman–Crippen LogP) is -0.501. The second kappa shape index (κ2) is 5.37. The Kier molecular flexibility index (Phi) is 12.1. The molecule has 0 amide bonds. The van der Waals surface area contributed by atoms with Gasteiger partial charge in [-0.15, -0.1) is 0 Å². The van der Waals surface area contributed by atoms with Crippen LogP contribution < -0.4 is 0 Å². The minimum Gasteiger partial charge on any atom is -0.286 e. The number of hydrogen-bond donors (Lipinski definition) is 1. The van der Waals surface area contributed by atoms with E-state index in [9.17, 15) is 8.42 Å². The summed E-state index contributed by atoms with van der Waals surface area (Å²) >= 11 is 0. The third kappa shape index (κ3) is 130. The Labute approximate surface area is 69.9 Å². The quantitative estimate of drug-likeness (QED) is 0.485. The van der Waals surface area contributed by atoms with Crippen LogP contribution in [0, 0.1) is 0 Å². The van der Waals surface area contributed by atoms with Gasteiger partial charge in [0.2, 0.25) is 0 Å². The fourth-order valence-electron chi connectivity index (χ4n) is 0. The molecule has 0 spiro atoms. The first-order valence-electron chi connectivity index (χ1n) is 0.924. The molecule has 0 aliphatic carbocycles. The van der Waals surface area contributed by atoms with E-state index in [0.717, 1.165) is 0 Å². The molecule has 0 rings (SSSR count). The van der Waals surface area contributed by atoms with Crippen molar-refractivity contribution in [3.05, 3.63) is 0 Å². The summed E-state index contributed by atoms with van der Waals surface area (Å²) in [5.41, 5.74) is 0. The second-order valence-corrected chi connectivity index (χ2v) is 2.20. The van der Waals surface area contributed by atoms with Crippen molar-refractivity contribution in [3.63, 3.8) is 0 Å². The summed E-state index contributed by atoms with van der Waals surface area (Å²) in [5.74, 6) is 0. The van der Waals surface area contributed by atoms with Gasteiger partial charge in [-0.2, -0.15) is 8.42 Å². The molecule has 0 fully saturated rings. The molecule has 0 aromatic heterocycles. The van der Waals surface area contributed by atoms with Crippen LogP contribution in [0.3, 0.4) is 0 Å². The van der Waals surface area contributed by atoms with E-state index in [4.69, 9.17) is 4.55 Å². The molecule has 0 heterocycles. The van der Waals surface area contributed by atoms with Crippen LogP contribution in [0.25, 0.3) is 0 Å². The molecule has 0 aromatic carbocycles. The summed E-state index contributed by atoms with van der Waals surface area (Å²) in [6, 6.07) is 0. The first kappa shape index (κ1) is 15.7. The first-order valence-corrected chi connectivity index (χ1v) is 2.77. The molecule has 0 bridgehead atoms. The fourth-order valence-corrected chi connectivity index (χ4v) is 0.